The first-order valence-electron chi connectivity index (χ1n) is 5.41. The van der Waals surface area contributed by atoms with Gasteiger partial charge in [-0.15, -0.1) is 10.2 Å². The van der Waals surface area contributed by atoms with E-state index in [-0.39, 0.29) is 0 Å². The summed E-state index contributed by atoms with van der Waals surface area (Å²) in [7, 11) is 0. The van der Waals surface area contributed by atoms with Gasteiger partial charge in [0.05, 0.1) is 6.54 Å². The van der Waals surface area contributed by atoms with Crippen LogP contribution in [0.25, 0.3) is 11.5 Å². The van der Waals surface area contributed by atoms with Crippen LogP contribution in [0.15, 0.2) is 24.4 Å². The topological polar surface area (TPSA) is 63.9 Å². The average molecular weight is 229 g/mol. The van der Waals surface area contributed by atoms with Gasteiger partial charge in [0, 0.05) is 19.3 Å². The van der Waals surface area contributed by atoms with Crippen molar-refractivity contribution in [3.63, 3.8) is 0 Å². The lowest BCUT2D eigenvalue weighted by molar-refractivity contribution is -0.119. The molecule has 1 aliphatic heterocycles. The monoisotopic (exact) mass is 229 g/mol. The lowest BCUT2D eigenvalue weighted by Crippen LogP contribution is -2.32. The summed E-state index contributed by atoms with van der Waals surface area (Å²) >= 11 is 0. The SMILES string of the molecule is O=CN1CCn2c(nnc2-c2ccccn2)C1. The molecule has 1 amide bonds. The first-order chi connectivity index (χ1) is 8.38. The Bertz CT molecular complexity index is 536. The molecule has 0 radical (unpaired) electrons. The highest BCUT2D eigenvalue weighted by molar-refractivity contribution is 5.51. The summed E-state index contributed by atoms with van der Waals surface area (Å²) in [4.78, 5) is 16.7. The van der Waals surface area contributed by atoms with Crippen molar-refractivity contribution in [1.82, 2.24) is 24.6 Å². The average Bonchev–Trinajstić information content (AvgIpc) is 2.82. The molecule has 0 atom stereocenters. The standard InChI is InChI=1S/C11H11N5O/c17-8-15-5-6-16-10(7-15)13-14-11(16)9-3-1-2-4-12-9/h1-4,8H,5-7H2. The molecule has 0 saturated heterocycles. The van der Waals surface area contributed by atoms with Gasteiger partial charge in [0.15, 0.2) is 11.6 Å². The molecule has 0 fully saturated rings. The van der Waals surface area contributed by atoms with Gasteiger partial charge in [-0.1, -0.05) is 6.07 Å². The predicted octanol–water partition coefficient (Wildman–Crippen LogP) is 0.312. The van der Waals surface area contributed by atoms with E-state index in [1.165, 1.54) is 0 Å². The lowest BCUT2D eigenvalue weighted by Gasteiger charge is -2.23. The Kier molecular flexibility index (Phi) is 2.32. The van der Waals surface area contributed by atoms with E-state index in [4.69, 9.17) is 0 Å². The fourth-order valence-electron chi connectivity index (χ4n) is 1.95. The molecule has 0 bridgehead atoms. The number of aromatic nitrogens is 4. The number of nitrogens with zero attached hydrogens (tertiary/aromatic N) is 5. The van der Waals surface area contributed by atoms with Gasteiger partial charge >= 0.3 is 0 Å². The van der Waals surface area contributed by atoms with Crippen molar-refractivity contribution in [3.05, 3.63) is 30.2 Å². The molecule has 2 aromatic rings. The predicted molar refractivity (Wildman–Crippen MR) is 59.7 cm³/mol. The van der Waals surface area contributed by atoms with Gasteiger partial charge in [-0.25, -0.2) is 0 Å². The zero-order valence-electron chi connectivity index (χ0n) is 9.15. The largest absolute Gasteiger partial charge is 0.336 e. The highest BCUT2D eigenvalue weighted by Gasteiger charge is 2.20. The molecular weight excluding hydrogens is 218 g/mol. The molecule has 3 heterocycles. The zero-order chi connectivity index (χ0) is 11.7. The van der Waals surface area contributed by atoms with Crippen molar-refractivity contribution in [3.8, 4) is 11.5 Å². The molecule has 17 heavy (non-hydrogen) atoms. The van der Waals surface area contributed by atoms with E-state index in [9.17, 15) is 4.79 Å². The third-order valence-corrected chi connectivity index (χ3v) is 2.83. The van der Waals surface area contributed by atoms with E-state index < -0.39 is 0 Å². The van der Waals surface area contributed by atoms with Crippen LogP contribution < -0.4 is 0 Å². The first kappa shape index (κ1) is 9.95. The minimum atomic E-state index is 0.517. The summed E-state index contributed by atoms with van der Waals surface area (Å²) in [5, 5.41) is 8.25. The van der Waals surface area contributed by atoms with Crippen molar-refractivity contribution in [2.45, 2.75) is 13.1 Å². The quantitative estimate of drug-likeness (QED) is 0.695. The van der Waals surface area contributed by atoms with Crippen LogP contribution in [0.2, 0.25) is 0 Å². The summed E-state index contributed by atoms with van der Waals surface area (Å²) in [6.07, 6.45) is 2.58. The molecular formula is C11H11N5O. The number of pyridine rings is 1. The van der Waals surface area contributed by atoms with Crippen molar-refractivity contribution in [2.24, 2.45) is 0 Å². The Balaban J connectivity index is 2.00. The van der Waals surface area contributed by atoms with Crippen molar-refractivity contribution < 1.29 is 4.79 Å². The second kappa shape index (κ2) is 3.97. The minimum absolute atomic E-state index is 0.517. The third-order valence-electron chi connectivity index (χ3n) is 2.83. The van der Waals surface area contributed by atoms with Gasteiger partial charge in [-0.05, 0) is 12.1 Å². The van der Waals surface area contributed by atoms with E-state index in [1.54, 1.807) is 11.1 Å². The molecule has 1 aliphatic rings. The van der Waals surface area contributed by atoms with Crippen LogP contribution >= 0.6 is 0 Å². The van der Waals surface area contributed by atoms with E-state index in [0.29, 0.717) is 19.6 Å². The second-order valence-corrected chi connectivity index (χ2v) is 3.88. The molecule has 0 aliphatic carbocycles. The summed E-state index contributed by atoms with van der Waals surface area (Å²) in [5.41, 5.74) is 0.811. The highest BCUT2D eigenvalue weighted by Crippen LogP contribution is 2.18. The number of amides is 1. The van der Waals surface area contributed by atoms with Gasteiger partial charge in [0.2, 0.25) is 6.41 Å². The number of carbonyl (C=O) groups excluding carboxylic acids is 1. The van der Waals surface area contributed by atoms with Crippen LogP contribution in [0.3, 0.4) is 0 Å². The summed E-state index contributed by atoms with van der Waals surface area (Å²) in [6.45, 7) is 1.92. The van der Waals surface area contributed by atoms with Crippen LogP contribution in [-0.4, -0.2) is 37.6 Å². The maximum Gasteiger partial charge on any atom is 0.210 e. The van der Waals surface area contributed by atoms with E-state index in [2.05, 4.69) is 15.2 Å². The molecule has 6 heteroatoms. The number of carbonyl (C=O) groups is 1. The van der Waals surface area contributed by atoms with Crippen LogP contribution in [0.4, 0.5) is 0 Å². The molecule has 0 spiro atoms. The number of rotatable bonds is 2. The number of fused-ring (bicyclic) bond motifs is 1. The van der Waals surface area contributed by atoms with E-state index >= 15 is 0 Å². The Morgan fingerprint density at radius 1 is 1.24 bits per heavy atom. The molecule has 2 aromatic heterocycles. The van der Waals surface area contributed by atoms with Crippen LogP contribution in [-0.2, 0) is 17.9 Å². The summed E-state index contributed by atoms with van der Waals surface area (Å²) < 4.78 is 2.02. The first-order valence-corrected chi connectivity index (χ1v) is 5.41. The molecule has 3 rings (SSSR count). The van der Waals surface area contributed by atoms with Gasteiger partial charge in [-0.3, -0.25) is 9.78 Å². The smallest absolute Gasteiger partial charge is 0.210 e. The van der Waals surface area contributed by atoms with Crippen molar-refractivity contribution in [2.75, 3.05) is 6.54 Å². The second-order valence-electron chi connectivity index (χ2n) is 3.88. The zero-order valence-corrected chi connectivity index (χ0v) is 9.15. The van der Waals surface area contributed by atoms with Crippen LogP contribution in [0.5, 0.6) is 0 Å². The van der Waals surface area contributed by atoms with E-state index in [1.807, 2.05) is 22.8 Å². The fourth-order valence-corrected chi connectivity index (χ4v) is 1.95. The Morgan fingerprint density at radius 2 is 2.18 bits per heavy atom. The Labute approximate surface area is 97.9 Å². The van der Waals surface area contributed by atoms with E-state index in [0.717, 1.165) is 23.8 Å². The summed E-state index contributed by atoms with van der Waals surface area (Å²) in [5.74, 6) is 1.58. The molecule has 0 N–H and O–H groups in total. The van der Waals surface area contributed by atoms with Gasteiger partial charge in [0.25, 0.3) is 0 Å². The number of hydrogen-bond acceptors (Lipinski definition) is 4. The van der Waals surface area contributed by atoms with Gasteiger partial charge < -0.3 is 9.47 Å². The van der Waals surface area contributed by atoms with Crippen molar-refractivity contribution >= 4 is 6.41 Å². The molecule has 6 nitrogen and oxygen atoms in total. The fraction of sp³-hybridized carbons (Fsp3) is 0.273. The maximum atomic E-state index is 10.7. The normalized spacial score (nSPS) is 14.5. The van der Waals surface area contributed by atoms with Gasteiger partial charge in [0.1, 0.15) is 5.69 Å². The lowest BCUT2D eigenvalue weighted by atomic mass is 10.3. The molecule has 0 aromatic carbocycles. The molecule has 0 saturated carbocycles. The highest BCUT2D eigenvalue weighted by atomic mass is 16.1. The van der Waals surface area contributed by atoms with Gasteiger partial charge in [-0.2, -0.15) is 0 Å². The molecule has 86 valence electrons. The Morgan fingerprint density at radius 3 is 2.94 bits per heavy atom. The third kappa shape index (κ3) is 1.67. The summed E-state index contributed by atoms with van der Waals surface area (Å²) in [6, 6.07) is 5.69. The molecule has 0 unspecified atom stereocenters. The minimum Gasteiger partial charge on any atom is -0.336 e. The van der Waals surface area contributed by atoms with Crippen molar-refractivity contribution in [1.29, 1.82) is 0 Å². The Hall–Kier alpha value is -2.24. The van der Waals surface area contributed by atoms with Crippen LogP contribution in [0.1, 0.15) is 5.82 Å². The maximum absolute atomic E-state index is 10.7. The van der Waals surface area contributed by atoms with Crippen LogP contribution in [0, 0.1) is 0 Å². The number of hydrogen-bond donors (Lipinski definition) is 0.